The summed E-state index contributed by atoms with van der Waals surface area (Å²) in [7, 11) is 1.70. The van der Waals surface area contributed by atoms with Crippen molar-refractivity contribution in [3.8, 4) is 11.3 Å². The van der Waals surface area contributed by atoms with Crippen molar-refractivity contribution < 1.29 is 4.79 Å². The molecule has 0 aliphatic carbocycles. The first-order chi connectivity index (χ1) is 7.18. The van der Waals surface area contributed by atoms with Gasteiger partial charge in [0.15, 0.2) is 0 Å². The minimum absolute atomic E-state index is 0.399. The zero-order valence-corrected chi connectivity index (χ0v) is 8.90. The normalized spacial score (nSPS) is 10.3. The molecule has 76 valence electrons. The van der Waals surface area contributed by atoms with Gasteiger partial charge in [0.25, 0.3) is 5.24 Å². The van der Waals surface area contributed by atoms with Crippen LogP contribution in [0.5, 0.6) is 0 Å². The van der Waals surface area contributed by atoms with Gasteiger partial charge in [0.2, 0.25) is 0 Å². The molecular weight excluding hydrogens is 212 g/mol. The Labute approximate surface area is 92.3 Å². The molecule has 0 unspecified atom stereocenters. The molecule has 0 saturated heterocycles. The van der Waals surface area contributed by atoms with E-state index < -0.39 is 5.24 Å². The first kappa shape index (κ1) is 9.93. The Kier molecular flexibility index (Phi) is 2.56. The van der Waals surface area contributed by atoms with Gasteiger partial charge in [-0.3, -0.25) is 9.48 Å². The lowest BCUT2D eigenvalue weighted by atomic mass is 10.1. The topological polar surface area (TPSA) is 34.9 Å². The van der Waals surface area contributed by atoms with Crippen LogP contribution >= 0.6 is 11.6 Å². The highest BCUT2D eigenvalue weighted by Crippen LogP contribution is 2.18. The molecule has 1 heterocycles. The van der Waals surface area contributed by atoms with Gasteiger partial charge in [-0.25, -0.2) is 0 Å². The zero-order valence-electron chi connectivity index (χ0n) is 8.14. The van der Waals surface area contributed by atoms with Crippen LogP contribution in [0.3, 0.4) is 0 Å². The maximum absolute atomic E-state index is 11.0. The number of aromatic nitrogens is 2. The van der Waals surface area contributed by atoms with Crippen molar-refractivity contribution >= 4 is 16.8 Å². The number of hydrogen-bond acceptors (Lipinski definition) is 2. The van der Waals surface area contributed by atoms with E-state index in [1.165, 1.54) is 4.68 Å². The number of carbonyl (C=O) groups is 1. The van der Waals surface area contributed by atoms with Crippen LogP contribution in [0.15, 0.2) is 36.4 Å². The number of aryl methyl sites for hydroxylation is 1. The van der Waals surface area contributed by atoms with Crippen LogP contribution < -0.4 is 0 Å². The molecule has 4 heteroatoms. The first-order valence-electron chi connectivity index (χ1n) is 4.48. The summed E-state index contributed by atoms with van der Waals surface area (Å²) in [5, 5.41) is 3.72. The number of nitrogens with zero attached hydrogens (tertiary/aromatic N) is 2. The molecule has 0 aliphatic heterocycles. The molecule has 1 aromatic heterocycles. The molecule has 0 aliphatic rings. The predicted molar refractivity (Wildman–Crippen MR) is 58.8 cm³/mol. The van der Waals surface area contributed by atoms with Crippen molar-refractivity contribution in [1.29, 1.82) is 0 Å². The fraction of sp³-hybridized carbons (Fsp3) is 0.0909. The van der Waals surface area contributed by atoms with Crippen LogP contribution in [0.4, 0.5) is 0 Å². The minimum atomic E-state index is -0.493. The lowest BCUT2D eigenvalue weighted by Crippen LogP contribution is -2.00. The van der Waals surface area contributed by atoms with Crippen molar-refractivity contribution in [2.75, 3.05) is 0 Å². The summed E-state index contributed by atoms with van der Waals surface area (Å²) in [5.41, 5.74) is 2.12. The maximum Gasteiger partial charge on any atom is 0.270 e. The van der Waals surface area contributed by atoms with E-state index in [0.29, 0.717) is 5.69 Å². The first-order valence-corrected chi connectivity index (χ1v) is 4.85. The average Bonchev–Trinajstić information content (AvgIpc) is 2.62. The zero-order chi connectivity index (χ0) is 10.8. The maximum atomic E-state index is 11.0. The standard InChI is InChI=1S/C11H9ClN2O/c1-14-10(11(12)15)7-9(13-14)8-5-3-2-4-6-8/h2-7H,1H3. The molecule has 2 aromatic rings. The summed E-state index contributed by atoms with van der Waals surface area (Å²) in [5.74, 6) is 0. The van der Waals surface area contributed by atoms with E-state index in [1.54, 1.807) is 13.1 Å². The van der Waals surface area contributed by atoms with E-state index in [4.69, 9.17) is 11.6 Å². The molecule has 0 atom stereocenters. The lowest BCUT2D eigenvalue weighted by molar-refractivity contribution is 0.107. The molecule has 3 nitrogen and oxygen atoms in total. The summed E-state index contributed by atoms with van der Waals surface area (Å²) in [6, 6.07) is 11.3. The molecule has 15 heavy (non-hydrogen) atoms. The van der Waals surface area contributed by atoms with Crippen LogP contribution in [-0.4, -0.2) is 15.0 Å². The van der Waals surface area contributed by atoms with Gasteiger partial charge in [-0.2, -0.15) is 5.10 Å². The molecule has 2 rings (SSSR count). The third-order valence-corrected chi connectivity index (χ3v) is 2.34. The van der Waals surface area contributed by atoms with Crippen molar-refractivity contribution in [3.05, 3.63) is 42.1 Å². The Morgan fingerprint density at radius 2 is 2.00 bits per heavy atom. The van der Waals surface area contributed by atoms with Gasteiger partial charge in [0, 0.05) is 12.6 Å². The Balaban J connectivity index is 2.48. The summed E-state index contributed by atoms with van der Waals surface area (Å²) in [4.78, 5) is 11.0. The van der Waals surface area contributed by atoms with Crippen molar-refractivity contribution in [2.24, 2.45) is 7.05 Å². The molecule has 0 bridgehead atoms. The second-order valence-electron chi connectivity index (χ2n) is 3.18. The van der Waals surface area contributed by atoms with E-state index >= 15 is 0 Å². The Morgan fingerprint density at radius 3 is 2.53 bits per heavy atom. The molecule has 0 N–H and O–H groups in total. The summed E-state index contributed by atoms with van der Waals surface area (Å²) >= 11 is 5.41. The Hall–Kier alpha value is -1.61. The Morgan fingerprint density at radius 1 is 1.33 bits per heavy atom. The summed E-state index contributed by atoms with van der Waals surface area (Å²) < 4.78 is 1.48. The molecule has 0 spiro atoms. The third-order valence-electron chi connectivity index (χ3n) is 2.15. The van der Waals surface area contributed by atoms with E-state index in [0.717, 1.165) is 11.3 Å². The van der Waals surface area contributed by atoms with Gasteiger partial charge in [0.05, 0.1) is 5.69 Å². The fourth-order valence-corrected chi connectivity index (χ4v) is 1.58. The fourth-order valence-electron chi connectivity index (χ4n) is 1.40. The van der Waals surface area contributed by atoms with Crippen LogP contribution in [0, 0.1) is 0 Å². The molecular formula is C11H9ClN2O. The highest BCUT2D eigenvalue weighted by molar-refractivity contribution is 6.67. The summed E-state index contributed by atoms with van der Waals surface area (Å²) in [6.07, 6.45) is 0. The van der Waals surface area contributed by atoms with Crippen molar-refractivity contribution in [1.82, 2.24) is 9.78 Å². The number of carbonyl (C=O) groups excluding carboxylic acids is 1. The van der Waals surface area contributed by atoms with E-state index in [9.17, 15) is 4.79 Å². The van der Waals surface area contributed by atoms with Crippen LogP contribution in [0.25, 0.3) is 11.3 Å². The number of hydrogen-bond donors (Lipinski definition) is 0. The van der Waals surface area contributed by atoms with Gasteiger partial charge in [-0.15, -0.1) is 0 Å². The second-order valence-corrected chi connectivity index (χ2v) is 3.52. The summed E-state index contributed by atoms with van der Waals surface area (Å²) in [6.45, 7) is 0. The Bertz CT molecular complexity index is 491. The van der Waals surface area contributed by atoms with Gasteiger partial charge in [-0.1, -0.05) is 30.3 Å². The van der Waals surface area contributed by atoms with Crippen LogP contribution in [0.2, 0.25) is 0 Å². The average molecular weight is 221 g/mol. The van der Waals surface area contributed by atoms with Gasteiger partial charge < -0.3 is 0 Å². The van der Waals surface area contributed by atoms with Crippen molar-refractivity contribution in [2.45, 2.75) is 0 Å². The number of halogens is 1. The highest BCUT2D eigenvalue weighted by atomic mass is 35.5. The highest BCUT2D eigenvalue weighted by Gasteiger charge is 2.11. The van der Waals surface area contributed by atoms with E-state index in [1.807, 2.05) is 30.3 Å². The van der Waals surface area contributed by atoms with Crippen LogP contribution in [-0.2, 0) is 7.05 Å². The second kappa shape index (κ2) is 3.87. The molecule has 0 saturated carbocycles. The smallest absolute Gasteiger partial charge is 0.270 e. The van der Waals surface area contributed by atoms with Gasteiger partial charge in [-0.05, 0) is 17.7 Å². The molecule has 0 amide bonds. The molecule has 1 aromatic carbocycles. The lowest BCUT2D eigenvalue weighted by Gasteiger charge is -1.93. The molecule has 0 radical (unpaired) electrons. The quantitative estimate of drug-likeness (QED) is 0.729. The monoisotopic (exact) mass is 220 g/mol. The predicted octanol–water partition coefficient (Wildman–Crippen LogP) is 2.47. The van der Waals surface area contributed by atoms with Gasteiger partial charge in [0.1, 0.15) is 5.69 Å². The SMILES string of the molecule is Cn1nc(-c2ccccc2)cc1C(=O)Cl. The molecule has 0 fully saturated rings. The number of benzene rings is 1. The van der Waals surface area contributed by atoms with E-state index in [-0.39, 0.29) is 0 Å². The van der Waals surface area contributed by atoms with E-state index in [2.05, 4.69) is 5.10 Å². The number of rotatable bonds is 2. The van der Waals surface area contributed by atoms with Gasteiger partial charge >= 0.3 is 0 Å². The third kappa shape index (κ3) is 1.92. The largest absolute Gasteiger partial charge is 0.274 e. The van der Waals surface area contributed by atoms with Crippen LogP contribution in [0.1, 0.15) is 10.5 Å². The van der Waals surface area contributed by atoms with Crippen molar-refractivity contribution in [3.63, 3.8) is 0 Å². The minimum Gasteiger partial charge on any atom is -0.274 e.